The average molecular weight is 451 g/mol. The Labute approximate surface area is 191 Å². The topological polar surface area (TPSA) is 76.4 Å². The number of anilines is 1. The van der Waals surface area contributed by atoms with Crippen LogP contribution in [0.1, 0.15) is 23.5 Å². The number of likely N-dealkylation sites (N-methyl/N-ethyl adjacent to an activating group) is 1. The van der Waals surface area contributed by atoms with Gasteiger partial charge in [-0.15, -0.1) is 5.10 Å². The van der Waals surface area contributed by atoms with Gasteiger partial charge in [-0.2, -0.15) is 4.68 Å². The predicted molar refractivity (Wildman–Crippen MR) is 124 cm³/mol. The van der Waals surface area contributed by atoms with E-state index in [1.165, 1.54) is 22.9 Å². The summed E-state index contributed by atoms with van der Waals surface area (Å²) in [6.07, 6.45) is 0.981. The lowest BCUT2D eigenvalue weighted by molar-refractivity contribution is -0.116. The van der Waals surface area contributed by atoms with Gasteiger partial charge in [0, 0.05) is 24.2 Å². The second-order valence-electron chi connectivity index (χ2n) is 8.41. The molecule has 0 bridgehead atoms. The summed E-state index contributed by atoms with van der Waals surface area (Å²) in [4.78, 5) is 17.8. The van der Waals surface area contributed by atoms with Crippen molar-refractivity contribution in [1.82, 2.24) is 25.1 Å². The van der Waals surface area contributed by atoms with Crippen molar-refractivity contribution in [2.75, 3.05) is 37.9 Å². The second-order valence-corrected chi connectivity index (χ2v) is 9.35. The molecule has 8 nitrogen and oxygen atoms in total. The van der Waals surface area contributed by atoms with Gasteiger partial charge in [-0.25, -0.2) is 0 Å². The Morgan fingerprint density at radius 3 is 2.81 bits per heavy atom. The molecule has 3 heterocycles. The highest BCUT2D eigenvalue weighted by Crippen LogP contribution is 2.45. The molecule has 1 saturated heterocycles. The number of hydrogen-bond acceptors (Lipinski definition) is 7. The first-order valence-electron chi connectivity index (χ1n) is 10.7. The first kappa shape index (κ1) is 21.0. The van der Waals surface area contributed by atoms with E-state index in [9.17, 15) is 4.79 Å². The second kappa shape index (κ2) is 8.55. The molecule has 1 amide bonds. The van der Waals surface area contributed by atoms with Gasteiger partial charge in [-0.1, -0.05) is 29.5 Å². The van der Waals surface area contributed by atoms with Crippen LogP contribution in [0.4, 0.5) is 5.69 Å². The minimum absolute atomic E-state index is 0.0986. The number of nitrogens with zero attached hydrogens (tertiary/aromatic N) is 6. The Balaban J connectivity index is 1.35. The molecule has 0 unspecified atom stereocenters. The third-order valence-electron chi connectivity index (χ3n) is 6.30. The number of amides is 1. The number of thioether (sulfide) groups is 1. The maximum Gasteiger partial charge on any atom is 0.237 e. The van der Waals surface area contributed by atoms with Gasteiger partial charge in [0.05, 0.1) is 18.6 Å². The van der Waals surface area contributed by atoms with Crippen molar-refractivity contribution in [3.63, 3.8) is 0 Å². The van der Waals surface area contributed by atoms with Gasteiger partial charge in [0.15, 0.2) is 0 Å². The first-order chi connectivity index (χ1) is 15.5. The van der Waals surface area contributed by atoms with Crippen LogP contribution in [-0.2, 0) is 4.79 Å². The fourth-order valence-electron chi connectivity index (χ4n) is 4.76. The van der Waals surface area contributed by atoms with E-state index in [4.69, 9.17) is 4.74 Å². The fraction of sp³-hybridized carbons (Fsp3) is 0.391. The number of rotatable bonds is 5. The lowest BCUT2D eigenvalue weighted by Crippen LogP contribution is -2.47. The Morgan fingerprint density at radius 2 is 2.03 bits per heavy atom. The molecule has 2 aliphatic rings. The molecule has 2 aliphatic heterocycles. The Bertz CT molecular complexity index is 1130. The van der Waals surface area contributed by atoms with Crippen LogP contribution in [0.15, 0.2) is 47.6 Å². The van der Waals surface area contributed by atoms with Crippen molar-refractivity contribution < 1.29 is 9.53 Å². The molecule has 166 valence electrons. The van der Waals surface area contributed by atoms with Gasteiger partial charge in [0.1, 0.15) is 5.75 Å². The molecule has 0 radical (unpaired) electrons. The molecule has 1 fully saturated rings. The zero-order chi connectivity index (χ0) is 22.2. The van der Waals surface area contributed by atoms with Crippen LogP contribution >= 0.6 is 11.8 Å². The highest BCUT2D eigenvalue weighted by molar-refractivity contribution is 7.99. The van der Waals surface area contributed by atoms with Gasteiger partial charge in [0.2, 0.25) is 11.1 Å². The lowest BCUT2D eigenvalue weighted by atomic mass is 9.89. The third kappa shape index (κ3) is 3.75. The van der Waals surface area contributed by atoms with Crippen molar-refractivity contribution in [1.29, 1.82) is 0 Å². The summed E-state index contributed by atoms with van der Waals surface area (Å²) in [6.45, 7) is 4.09. The summed E-state index contributed by atoms with van der Waals surface area (Å²) in [5.41, 5.74) is 4.41. The summed E-state index contributed by atoms with van der Waals surface area (Å²) in [5, 5.41) is 12.6. The number of fused-ring (bicyclic) bond motifs is 3. The highest BCUT2D eigenvalue weighted by atomic mass is 32.2. The molecule has 2 atom stereocenters. The van der Waals surface area contributed by atoms with E-state index in [1.54, 1.807) is 11.8 Å². The number of carbonyl (C=O) groups excluding carboxylic acids is 1. The van der Waals surface area contributed by atoms with E-state index >= 15 is 0 Å². The fourth-order valence-corrected chi connectivity index (χ4v) is 5.51. The van der Waals surface area contributed by atoms with E-state index in [-0.39, 0.29) is 17.7 Å². The molecular weight excluding hydrogens is 424 g/mol. The summed E-state index contributed by atoms with van der Waals surface area (Å²) >= 11 is 1.37. The molecular formula is C23H26N6O2S. The number of benzene rings is 2. The molecule has 5 rings (SSSR count). The van der Waals surface area contributed by atoms with Gasteiger partial charge in [0.25, 0.3) is 0 Å². The van der Waals surface area contributed by atoms with E-state index in [2.05, 4.69) is 52.6 Å². The summed E-state index contributed by atoms with van der Waals surface area (Å²) in [7, 11) is 3.79. The minimum atomic E-state index is 0.0986. The number of piperidine rings is 1. The molecule has 9 heteroatoms. The number of carbonyl (C=O) groups is 1. The number of likely N-dealkylation sites (tertiary alicyclic amines) is 1. The van der Waals surface area contributed by atoms with Gasteiger partial charge >= 0.3 is 0 Å². The number of aromatic nitrogens is 4. The molecule has 3 aromatic rings. The van der Waals surface area contributed by atoms with E-state index in [0.717, 1.165) is 36.6 Å². The van der Waals surface area contributed by atoms with Crippen molar-refractivity contribution in [2.45, 2.75) is 30.5 Å². The quantitative estimate of drug-likeness (QED) is 0.553. The number of tetrazole rings is 1. The number of ether oxygens (including phenoxy) is 1. The molecule has 0 spiro atoms. The van der Waals surface area contributed by atoms with Crippen LogP contribution in [0, 0.1) is 6.92 Å². The van der Waals surface area contributed by atoms with E-state index < -0.39 is 0 Å². The Kier molecular flexibility index (Phi) is 5.60. The monoisotopic (exact) mass is 450 g/mol. The van der Waals surface area contributed by atoms with Crippen LogP contribution in [0.5, 0.6) is 5.75 Å². The van der Waals surface area contributed by atoms with Crippen molar-refractivity contribution in [3.8, 4) is 11.4 Å². The van der Waals surface area contributed by atoms with Gasteiger partial charge in [-0.3, -0.25) is 4.79 Å². The number of methoxy groups -OCH3 is 1. The minimum Gasteiger partial charge on any atom is -0.497 e. The maximum atomic E-state index is 13.5. The SMILES string of the molecule is COc1ccc(-n2nnnc2SCC(=O)N2c3ccc(C)cc3[C@@H]3CN(C)CC[C@H]32)cc1. The number of hydrogen-bond donors (Lipinski definition) is 0. The van der Waals surface area contributed by atoms with Crippen LogP contribution in [0.2, 0.25) is 0 Å². The first-order valence-corrected chi connectivity index (χ1v) is 11.7. The molecule has 2 aromatic carbocycles. The normalized spacial score (nSPS) is 20.2. The van der Waals surface area contributed by atoms with E-state index in [0.29, 0.717) is 11.1 Å². The molecule has 0 saturated carbocycles. The van der Waals surface area contributed by atoms with Gasteiger partial charge < -0.3 is 14.5 Å². The lowest BCUT2D eigenvalue weighted by Gasteiger charge is -2.36. The molecule has 0 aliphatic carbocycles. The highest BCUT2D eigenvalue weighted by Gasteiger charge is 2.43. The summed E-state index contributed by atoms with van der Waals surface area (Å²) < 4.78 is 6.87. The van der Waals surface area contributed by atoms with Crippen molar-refractivity contribution in [2.24, 2.45) is 0 Å². The molecule has 1 aromatic heterocycles. The smallest absolute Gasteiger partial charge is 0.237 e. The summed E-state index contributed by atoms with van der Waals surface area (Å²) in [6, 6.07) is 14.2. The zero-order valence-corrected chi connectivity index (χ0v) is 19.2. The van der Waals surface area contributed by atoms with Gasteiger partial charge in [-0.05, 0) is 73.3 Å². The molecule has 0 N–H and O–H groups in total. The Hall–Kier alpha value is -2.91. The van der Waals surface area contributed by atoms with E-state index in [1.807, 2.05) is 29.2 Å². The maximum absolute atomic E-state index is 13.5. The molecule has 32 heavy (non-hydrogen) atoms. The van der Waals surface area contributed by atoms with Crippen LogP contribution in [0.3, 0.4) is 0 Å². The number of aryl methyl sites for hydroxylation is 1. The predicted octanol–water partition coefficient (Wildman–Crippen LogP) is 2.91. The van der Waals surface area contributed by atoms with Crippen LogP contribution in [0.25, 0.3) is 5.69 Å². The van der Waals surface area contributed by atoms with Crippen molar-refractivity contribution >= 4 is 23.4 Å². The van der Waals surface area contributed by atoms with Crippen molar-refractivity contribution in [3.05, 3.63) is 53.6 Å². The summed E-state index contributed by atoms with van der Waals surface area (Å²) in [5.74, 6) is 1.51. The Morgan fingerprint density at radius 1 is 1.22 bits per heavy atom. The largest absolute Gasteiger partial charge is 0.497 e. The standard InChI is InChI=1S/C23H26N6O2S/c1-15-4-9-20-18(12-15)19-13-27(2)11-10-21(19)28(20)22(30)14-32-23-24-25-26-29(23)16-5-7-17(31-3)8-6-16/h4-9,12,19,21H,10-11,13-14H2,1-3H3/t19-,21+/m0/s1. The van der Waals surface area contributed by atoms with Crippen LogP contribution < -0.4 is 9.64 Å². The van der Waals surface area contributed by atoms with Crippen LogP contribution in [-0.4, -0.2) is 70.1 Å². The third-order valence-corrected chi connectivity index (χ3v) is 7.21. The average Bonchev–Trinajstić information content (AvgIpc) is 3.40. The zero-order valence-electron chi connectivity index (χ0n) is 18.4.